The molecule has 0 aromatic heterocycles. The summed E-state index contributed by atoms with van der Waals surface area (Å²) >= 11 is 3.93. The number of rotatable bonds is 15. The number of nitrogens with two attached hydrogens (primary N) is 3. The van der Waals surface area contributed by atoms with E-state index in [1.54, 1.807) is 13.8 Å². The van der Waals surface area contributed by atoms with Gasteiger partial charge in [0.2, 0.25) is 17.7 Å². The first-order valence-electron chi connectivity index (χ1n) is 10.9. The van der Waals surface area contributed by atoms with Gasteiger partial charge in [-0.15, -0.1) is 0 Å². The van der Waals surface area contributed by atoms with Gasteiger partial charge in [0.15, 0.2) is 5.96 Å². The molecule has 0 heterocycles. The first-order chi connectivity index (χ1) is 15.3. The van der Waals surface area contributed by atoms with Crippen molar-refractivity contribution in [1.82, 2.24) is 16.0 Å². The number of hydrogen-bond acceptors (Lipinski definition) is 7. The zero-order valence-electron chi connectivity index (χ0n) is 19.7. The number of nitrogens with zero attached hydrogens (tertiary/aromatic N) is 1. The van der Waals surface area contributed by atoms with Crippen LogP contribution in [0.25, 0.3) is 0 Å². The van der Waals surface area contributed by atoms with Crippen LogP contribution in [0.5, 0.6) is 0 Å². The Labute approximate surface area is 200 Å². The predicted octanol–water partition coefficient (Wildman–Crippen LogP) is -1.46. The summed E-state index contributed by atoms with van der Waals surface area (Å²) in [7, 11) is 0. The molecule has 4 atom stereocenters. The van der Waals surface area contributed by atoms with Crippen LogP contribution in [0, 0.1) is 11.8 Å². The van der Waals surface area contributed by atoms with Gasteiger partial charge in [-0.1, -0.05) is 27.7 Å². The number of hydrogen-bond donors (Lipinski definition) is 8. The number of guanidine groups is 1. The van der Waals surface area contributed by atoms with Gasteiger partial charge in [-0.25, -0.2) is 4.79 Å². The van der Waals surface area contributed by atoms with Gasteiger partial charge in [0, 0.05) is 12.3 Å². The van der Waals surface area contributed by atoms with Crippen molar-refractivity contribution in [2.75, 3.05) is 12.3 Å². The molecular formula is C20H39N7O5S. The number of thiol groups is 1. The van der Waals surface area contributed by atoms with Gasteiger partial charge in [-0.2, -0.15) is 12.6 Å². The van der Waals surface area contributed by atoms with Crippen LogP contribution in [0.3, 0.4) is 0 Å². The summed E-state index contributed by atoms with van der Waals surface area (Å²) in [5, 5.41) is 16.8. The number of carboxylic acid groups (broad SMARTS) is 1. The Morgan fingerprint density at radius 3 is 1.97 bits per heavy atom. The Balaban J connectivity index is 5.23. The summed E-state index contributed by atoms with van der Waals surface area (Å²) in [4.78, 5) is 53.1. The highest BCUT2D eigenvalue weighted by atomic mass is 32.1. The molecule has 0 aliphatic heterocycles. The second-order valence-corrected chi connectivity index (χ2v) is 8.92. The maximum absolute atomic E-state index is 13.0. The lowest BCUT2D eigenvalue weighted by atomic mass is 9.99. The summed E-state index contributed by atoms with van der Waals surface area (Å²) in [6.45, 7) is 7.53. The van der Waals surface area contributed by atoms with E-state index < -0.39 is 47.9 Å². The topological polar surface area (TPSA) is 215 Å². The normalized spacial score (nSPS) is 14.7. The molecule has 10 N–H and O–H groups in total. The van der Waals surface area contributed by atoms with Gasteiger partial charge in [0.1, 0.15) is 18.1 Å². The van der Waals surface area contributed by atoms with E-state index >= 15 is 0 Å². The third kappa shape index (κ3) is 12.3. The number of nitrogens with one attached hydrogen (secondary N) is 3. The van der Waals surface area contributed by atoms with Crippen molar-refractivity contribution in [3.8, 4) is 0 Å². The molecule has 3 amide bonds. The summed E-state index contributed by atoms with van der Waals surface area (Å²) in [5.41, 5.74) is 16.4. The van der Waals surface area contributed by atoms with Gasteiger partial charge in [-0.05, 0) is 31.1 Å². The lowest BCUT2D eigenvalue weighted by Crippen LogP contribution is -2.58. The van der Waals surface area contributed by atoms with Gasteiger partial charge >= 0.3 is 5.97 Å². The number of amides is 3. The van der Waals surface area contributed by atoms with Gasteiger partial charge in [-0.3, -0.25) is 19.4 Å². The minimum atomic E-state index is -1.23. The molecule has 13 heteroatoms. The lowest BCUT2D eigenvalue weighted by Gasteiger charge is -2.27. The van der Waals surface area contributed by atoms with Crippen LogP contribution in [0.2, 0.25) is 0 Å². The van der Waals surface area contributed by atoms with Crippen LogP contribution < -0.4 is 33.2 Å². The molecule has 33 heavy (non-hydrogen) atoms. The van der Waals surface area contributed by atoms with Crippen molar-refractivity contribution < 1.29 is 24.3 Å². The van der Waals surface area contributed by atoms with Crippen LogP contribution >= 0.6 is 12.6 Å². The second kappa shape index (κ2) is 15.3. The first-order valence-corrected chi connectivity index (χ1v) is 11.5. The number of carboxylic acids is 1. The highest BCUT2D eigenvalue weighted by Crippen LogP contribution is 2.09. The molecule has 0 spiro atoms. The Morgan fingerprint density at radius 2 is 1.52 bits per heavy atom. The van der Waals surface area contributed by atoms with Crippen LogP contribution in [0.15, 0.2) is 4.99 Å². The summed E-state index contributed by atoms with van der Waals surface area (Å²) in [6, 6.07) is -3.98. The Kier molecular flexibility index (Phi) is 14.1. The van der Waals surface area contributed by atoms with E-state index in [2.05, 4.69) is 33.6 Å². The van der Waals surface area contributed by atoms with E-state index in [9.17, 15) is 19.2 Å². The fourth-order valence-corrected chi connectivity index (χ4v) is 3.12. The Morgan fingerprint density at radius 1 is 0.939 bits per heavy atom. The Hall–Kier alpha value is -2.54. The molecule has 0 fully saturated rings. The third-order valence-electron chi connectivity index (χ3n) is 4.69. The van der Waals surface area contributed by atoms with Gasteiger partial charge in [0.05, 0.1) is 6.04 Å². The van der Waals surface area contributed by atoms with Crippen LogP contribution in [-0.2, 0) is 19.2 Å². The quantitative estimate of drug-likeness (QED) is 0.0587. The monoisotopic (exact) mass is 489 g/mol. The van der Waals surface area contributed by atoms with Crippen LogP contribution in [0.4, 0.5) is 0 Å². The van der Waals surface area contributed by atoms with Gasteiger partial charge in [0.25, 0.3) is 0 Å². The van der Waals surface area contributed by atoms with Gasteiger partial charge < -0.3 is 38.3 Å². The zero-order valence-corrected chi connectivity index (χ0v) is 20.6. The minimum Gasteiger partial charge on any atom is -0.480 e. The molecule has 0 radical (unpaired) electrons. The summed E-state index contributed by atoms with van der Waals surface area (Å²) in [5.74, 6) is -3.37. The number of carbonyl (C=O) groups excluding carboxylic acids is 3. The van der Waals surface area contributed by atoms with E-state index in [4.69, 9.17) is 22.3 Å². The molecule has 4 unspecified atom stereocenters. The minimum absolute atomic E-state index is 0.0468. The lowest BCUT2D eigenvalue weighted by molar-refractivity contribution is -0.142. The van der Waals surface area contributed by atoms with E-state index in [0.717, 1.165) is 0 Å². The highest BCUT2D eigenvalue weighted by molar-refractivity contribution is 7.80. The smallest absolute Gasteiger partial charge is 0.327 e. The number of aliphatic imine (C=N–C) groups is 1. The largest absolute Gasteiger partial charge is 0.480 e. The van der Waals surface area contributed by atoms with Crippen molar-refractivity contribution in [3.63, 3.8) is 0 Å². The van der Waals surface area contributed by atoms with Crippen molar-refractivity contribution >= 4 is 42.3 Å². The van der Waals surface area contributed by atoms with E-state index in [1.807, 2.05) is 13.8 Å². The third-order valence-corrected chi connectivity index (χ3v) is 5.05. The maximum atomic E-state index is 13.0. The van der Waals surface area contributed by atoms with Crippen molar-refractivity contribution in [2.45, 2.75) is 71.1 Å². The van der Waals surface area contributed by atoms with Crippen molar-refractivity contribution in [1.29, 1.82) is 0 Å². The van der Waals surface area contributed by atoms with E-state index in [0.29, 0.717) is 25.8 Å². The fraction of sp³-hybridized carbons (Fsp3) is 0.750. The van der Waals surface area contributed by atoms with Crippen molar-refractivity contribution in [3.05, 3.63) is 0 Å². The molecule has 0 aliphatic rings. The summed E-state index contributed by atoms with van der Waals surface area (Å²) in [6.07, 6.45) is 1.12. The second-order valence-electron chi connectivity index (χ2n) is 8.56. The molecule has 0 saturated heterocycles. The number of aliphatic carboxylic acids is 1. The molecule has 0 aliphatic carbocycles. The SMILES string of the molecule is CC(C)CC(NC(=O)C(N)CCCN=C(N)N)C(=O)NC(C(=O)NC(CS)C(=O)O)C(C)C. The van der Waals surface area contributed by atoms with E-state index in [1.165, 1.54) is 0 Å². The van der Waals surface area contributed by atoms with Crippen LogP contribution in [0.1, 0.15) is 47.0 Å². The molecule has 0 bridgehead atoms. The molecule has 0 saturated carbocycles. The zero-order chi connectivity index (χ0) is 25.7. The molecule has 0 rings (SSSR count). The average molecular weight is 490 g/mol. The molecule has 12 nitrogen and oxygen atoms in total. The molecule has 0 aromatic rings. The standard InChI is InChI=1S/C20H39N7O5S/c1-10(2)8-13(25-16(28)12(21)6-5-7-24-20(22)23)17(29)27-15(11(3)4)18(30)26-14(9-33)19(31)32/h10-15,33H,5-9,21H2,1-4H3,(H,25,28)(H,26,30)(H,27,29)(H,31,32)(H4,22,23,24). The van der Waals surface area contributed by atoms with Crippen molar-refractivity contribution in [2.24, 2.45) is 34.0 Å². The Bertz CT molecular complexity index is 698. The molecular weight excluding hydrogens is 450 g/mol. The first kappa shape index (κ1) is 30.5. The fourth-order valence-electron chi connectivity index (χ4n) is 2.87. The highest BCUT2D eigenvalue weighted by Gasteiger charge is 2.31. The predicted molar refractivity (Wildman–Crippen MR) is 129 cm³/mol. The van der Waals surface area contributed by atoms with E-state index in [-0.39, 0.29) is 23.5 Å². The van der Waals surface area contributed by atoms with Crippen LogP contribution in [-0.4, -0.2) is 71.2 Å². The molecule has 190 valence electrons. The number of carbonyl (C=O) groups is 4. The average Bonchev–Trinajstić information content (AvgIpc) is 2.71. The maximum Gasteiger partial charge on any atom is 0.327 e. The summed E-state index contributed by atoms with van der Waals surface area (Å²) < 4.78 is 0. The molecule has 0 aromatic carbocycles.